The number of nitrogens with one attached hydrogen (secondary N) is 1. The minimum atomic E-state index is 0.188. The Labute approximate surface area is 143 Å². The van der Waals surface area contributed by atoms with Crippen LogP contribution in [0.1, 0.15) is 50.5 Å². The number of piperidine rings is 1. The highest BCUT2D eigenvalue weighted by atomic mass is 16.2. The quantitative estimate of drug-likeness (QED) is 0.919. The van der Waals surface area contributed by atoms with Gasteiger partial charge in [-0.1, -0.05) is 18.6 Å². The summed E-state index contributed by atoms with van der Waals surface area (Å²) in [7, 11) is 0. The summed E-state index contributed by atoms with van der Waals surface area (Å²) in [5.41, 5.74) is 1.96. The molecule has 3 atom stereocenters. The Morgan fingerprint density at radius 3 is 2.88 bits per heavy atom. The Bertz CT molecular complexity index is 642. The number of benzene rings is 1. The van der Waals surface area contributed by atoms with E-state index < -0.39 is 0 Å². The van der Waals surface area contributed by atoms with Crippen molar-refractivity contribution in [1.29, 1.82) is 0 Å². The van der Waals surface area contributed by atoms with Crippen molar-refractivity contribution in [3.05, 3.63) is 29.8 Å². The molecule has 2 amide bonds. The van der Waals surface area contributed by atoms with Gasteiger partial charge in [0.1, 0.15) is 0 Å². The fourth-order valence-corrected chi connectivity index (χ4v) is 4.80. The van der Waals surface area contributed by atoms with E-state index in [4.69, 9.17) is 0 Å². The highest BCUT2D eigenvalue weighted by Crippen LogP contribution is 2.48. The monoisotopic (exact) mass is 326 g/mol. The number of nitrogens with zero attached hydrogens (tertiary/aromatic N) is 1. The van der Waals surface area contributed by atoms with Crippen molar-refractivity contribution in [1.82, 2.24) is 4.90 Å². The van der Waals surface area contributed by atoms with Crippen molar-refractivity contribution in [3.63, 3.8) is 0 Å². The summed E-state index contributed by atoms with van der Waals surface area (Å²) >= 11 is 0. The molecule has 2 saturated carbocycles. The number of fused-ring (bicyclic) bond motifs is 2. The highest BCUT2D eigenvalue weighted by molar-refractivity contribution is 5.93. The molecule has 2 bridgehead atoms. The zero-order chi connectivity index (χ0) is 16.5. The average molecular weight is 326 g/mol. The number of anilines is 1. The van der Waals surface area contributed by atoms with E-state index in [0.717, 1.165) is 43.0 Å². The molecule has 1 heterocycles. The predicted molar refractivity (Wildman–Crippen MR) is 93.3 cm³/mol. The van der Waals surface area contributed by atoms with Gasteiger partial charge in [-0.05, 0) is 61.6 Å². The summed E-state index contributed by atoms with van der Waals surface area (Å²) in [5.74, 6) is 2.02. The van der Waals surface area contributed by atoms with E-state index in [1.807, 2.05) is 29.2 Å². The van der Waals surface area contributed by atoms with Gasteiger partial charge < -0.3 is 10.2 Å². The molecule has 2 aliphatic carbocycles. The van der Waals surface area contributed by atoms with Gasteiger partial charge in [0.2, 0.25) is 11.8 Å². The van der Waals surface area contributed by atoms with E-state index in [1.54, 1.807) is 0 Å². The number of hydrogen-bond donors (Lipinski definition) is 1. The average Bonchev–Trinajstić information content (AvgIpc) is 3.20. The van der Waals surface area contributed by atoms with E-state index >= 15 is 0 Å². The molecule has 3 unspecified atom stereocenters. The van der Waals surface area contributed by atoms with Gasteiger partial charge in [0.25, 0.3) is 0 Å². The first-order valence-corrected chi connectivity index (χ1v) is 9.36. The van der Waals surface area contributed by atoms with E-state index in [2.05, 4.69) is 5.32 Å². The largest absolute Gasteiger partial charge is 0.338 e. The van der Waals surface area contributed by atoms with E-state index in [0.29, 0.717) is 18.9 Å². The molecule has 24 heavy (non-hydrogen) atoms. The van der Waals surface area contributed by atoms with Crippen molar-refractivity contribution < 1.29 is 9.59 Å². The molecule has 4 rings (SSSR count). The van der Waals surface area contributed by atoms with E-state index in [-0.39, 0.29) is 17.7 Å². The predicted octanol–water partition coefficient (Wildman–Crippen LogP) is 3.57. The van der Waals surface area contributed by atoms with Gasteiger partial charge in [-0.25, -0.2) is 0 Å². The summed E-state index contributed by atoms with van der Waals surface area (Å²) < 4.78 is 0. The Balaban J connectivity index is 1.39. The normalized spacial score (nSPS) is 29.1. The third kappa shape index (κ3) is 3.19. The maximum absolute atomic E-state index is 12.6. The molecule has 1 N–H and O–H groups in total. The maximum Gasteiger partial charge on any atom is 0.227 e. The molecule has 1 aromatic carbocycles. The Kier molecular flexibility index (Phi) is 4.30. The zero-order valence-corrected chi connectivity index (χ0v) is 14.2. The molecule has 0 radical (unpaired) electrons. The molecule has 4 nitrogen and oxygen atoms in total. The van der Waals surface area contributed by atoms with Crippen LogP contribution in [0.25, 0.3) is 0 Å². The minimum Gasteiger partial charge on any atom is -0.338 e. The maximum atomic E-state index is 12.6. The zero-order valence-electron chi connectivity index (χ0n) is 14.2. The number of likely N-dealkylation sites (tertiary alicyclic amines) is 1. The Hall–Kier alpha value is -1.84. The summed E-state index contributed by atoms with van der Waals surface area (Å²) in [4.78, 5) is 26.5. The lowest BCUT2D eigenvalue weighted by Gasteiger charge is -2.27. The van der Waals surface area contributed by atoms with Crippen LogP contribution in [-0.2, 0) is 16.1 Å². The van der Waals surface area contributed by atoms with E-state index in [1.165, 1.54) is 19.3 Å². The molecular weight excluding hydrogens is 300 g/mol. The molecule has 3 fully saturated rings. The first kappa shape index (κ1) is 15.7. The second-order valence-electron chi connectivity index (χ2n) is 7.74. The molecule has 128 valence electrons. The van der Waals surface area contributed by atoms with Crippen LogP contribution in [0.2, 0.25) is 0 Å². The van der Waals surface area contributed by atoms with Crippen LogP contribution in [0.5, 0.6) is 0 Å². The Morgan fingerprint density at radius 2 is 2.12 bits per heavy atom. The van der Waals surface area contributed by atoms with Gasteiger partial charge in [-0.15, -0.1) is 0 Å². The van der Waals surface area contributed by atoms with Crippen LogP contribution in [0.4, 0.5) is 5.69 Å². The topological polar surface area (TPSA) is 49.4 Å². The smallest absolute Gasteiger partial charge is 0.227 e. The van der Waals surface area contributed by atoms with E-state index in [9.17, 15) is 9.59 Å². The first-order chi connectivity index (χ1) is 11.7. The summed E-state index contributed by atoms with van der Waals surface area (Å²) in [6, 6.07) is 7.98. The number of rotatable bonds is 4. The van der Waals surface area contributed by atoms with Gasteiger partial charge in [0.05, 0.1) is 0 Å². The van der Waals surface area contributed by atoms with Crippen LogP contribution in [0, 0.1) is 17.8 Å². The van der Waals surface area contributed by atoms with Crippen LogP contribution < -0.4 is 5.32 Å². The number of carbonyl (C=O) groups is 2. The fraction of sp³-hybridized carbons (Fsp3) is 0.600. The number of hydrogen-bond acceptors (Lipinski definition) is 2. The van der Waals surface area contributed by atoms with Gasteiger partial charge in [0.15, 0.2) is 0 Å². The van der Waals surface area contributed by atoms with Gasteiger partial charge in [0, 0.05) is 31.1 Å². The summed E-state index contributed by atoms with van der Waals surface area (Å²) in [6.07, 6.45) is 7.61. The lowest BCUT2D eigenvalue weighted by Crippen LogP contribution is -2.34. The summed E-state index contributed by atoms with van der Waals surface area (Å²) in [6.45, 7) is 1.50. The Morgan fingerprint density at radius 1 is 1.21 bits per heavy atom. The minimum absolute atomic E-state index is 0.188. The van der Waals surface area contributed by atoms with Crippen LogP contribution in [0.3, 0.4) is 0 Å². The molecule has 4 heteroatoms. The molecule has 3 aliphatic rings. The second-order valence-corrected chi connectivity index (χ2v) is 7.74. The second kappa shape index (κ2) is 6.58. The lowest BCUT2D eigenvalue weighted by molar-refractivity contribution is -0.133. The molecule has 0 spiro atoms. The number of carbonyl (C=O) groups excluding carboxylic acids is 2. The van der Waals surface area contributed by atoms with Crippen LogP contribution in [-0.4, -0.2) is 23.3 Å². The molecule has 1 aromatic rings. The third-order valence-electron chi connectivity index (χ3n) is 6.06. The SMILES string of the molecule is O=C(Nc1cccc(CN2CCCCC2=O)c1)C1CC2CCC1C2. The standard InChI is InChI=1S/C20H26N2O2/c23-19-6-1-2-9-22(19)13-15-4-3-5-17(11-15)21-20(24)18-12-14-7-8-16(18)10-14/h3-5,11,14,16,18H,1-2,6-10,12-13H2,(H,21,24). The van der Waals surface area contributed by atoms with Crippen LogP contribution in [0.15, 0.2) is 24.3 Å². The van der Waals surface area contributed by atoms with Gasteiger partial charge in [-0.2, -0.15) is 0 Å². The van der Waals surface area contributed by atoms with Crippen molar-refractivity contribution in [2.24, 2.45) is 17.8 Å². The van der Waals surface area contributed by atoms with Crippen LogP contribution >= 0.6 is 0 Å². The van der Waals surface area contributed by atoms with Crippen molar-refractivity contribution in [2.75, 3.05) is 11.9 Å². The number of amides is 2. The lowest BCUT2D eigenvalue weighted by atomic mass is 9.88. The van der Waals surface area contributed by atoms with Gasteiger partial charge in [-0.3, -0.25) is 9.59 Å². The van der Waals surface area contributed by atoms with Crippen molar-refractivity contribution in [3.8, 4) is 0 Å². The third-order valence-corrected chi connectivity index (χ3v) is 6.06. The van der Waals surface area contributed by atoms with Gasteiger partial charge >= 0.3 is 0 Å². The molecule has 0 aromatic heterocycles. The molecule has 1 saturated heterocycles. The molecule has 1 aliphatic heterocycles. The van der Waals surface area contributed by atoms with Crippen molar-refractivity contribution >= 4 is 17.5 Å². The first-order valence-electron chi connectivity index (χ1n) is 9.36. The van der Waals surface area contributed by atoms with Crippen molar-refractivity contribution in [2.45, 2.75) is 51.5 Å². The summed E-state index contributed by atoms with van der Waals surface area (Å²) in [5, 5.41) is 3.12. The fourth-order valence-electron chi connectivity index (χ4n) is 4.80. The molecular formula is C20H26N2O2. The highest BCUT2D eigenvalue weighted by Gasteiger charge is 2.43.